The smallest absolute Gasteiger partial charge is 0.336 e. The molecule has 0 saturated heterocycles. The molecular weight excluding hydrogens is 266 g/mol. The van der Waals surface area contributed by atoms with Crippen molar-refractivity contribution in [3.05, 3.63) is 65.2 Å². The van der Waals surface area contributed by atoms with Gasteiger partial charge < -0.3 is 15.2 Å². The third-order valence-corrected chi connectivity index (χ3v) is 3.46. The summed E-state index contributed by atoms with van der Waals surface area (Å²) in [7, 11) is 1.64. The van der Waals surface area contributed by atoms with E-state index < -0.39 is 5.97 Å². The van der Waals surface area contributed by atoms with Crippen molar-refractivity contribution in [1.29, 1.82) is 0 Å². The molecule has 2 rings (SSSR count). The summed E-state index contributed by atoms with van der Waals surface area (Å²) in [5.41, 5.74) is 2.25. The molecule has 0 bridgehead atoms. The number of nitrogens with one attached hydrogen (secondary N) is 1. The van der Waals surface area contributed by atoms with Gasteiger partial charge in [0.25, 0.3) is 0 Å². The number of hydrogen-bond donors (Lipinski definition) is 2. The zero-order chi connectivity index (χ0) is 15.2. The molecule has 0 aromatic heterocycles. The van der Waals surface area contributed by atoms with Crippen LogP contribution in [0, 0.1) is 0 Å². The first-order valence-electron chi connectivity index (χ1n) is 6.80. The molecule has 0 radical (unpaired) electrons. The van der Waals surface area contributed by atoms with Gasteiger partial charge in [-0.3, -0.25) is 0 Å². The number of methoxy groups -OCH3 is 1. The van der Waals surface area contributed by atoms with Crippen LogP contribution in [0.25, 0.3) is 0 Å². The quantitative estimate of drug-likeness (QED) is 0.855. The molecule has 4 nitrogen and oxygen atoms in total. The topological polar surface area (TPSA) is 58.6 Å². The Hall–Kier alpha value is -2.33. The van der Waals surface area contributed by atoms with Crippen LogP contribution in [0.15, 0.2) is 48.5 Å². The van der Waals surface area contributed by atoms with Crippen LogP contribution in [-0.2, 0) is 6.54 Å². The van der Waals surface area contributed by atoms with Gasteiger partial charge in [0.1, 0.15) is 5.75 Å². The van der Waals surface area contributed by atoms with E-state index >= 15 is 0 Å². The first kappa shape index (κ1) is 15.1. The second-order valence-electron chi connectivity index (χ2n) is 4.84. The highest BCUT2D eigenvalue weighted by Gasteiger charge is 2.10. The van der Waals surface area contributed by atoms with E-state index in [2.05, 4.69) is 5.32 Å². The number of hydrogen-bond acceptors (Lipinski definition) is 3. The van der Waals surface area contributed by atoms with Crippen LogP contribution in [-0.4, -0.2) is 18.2 Å². The van der Waals surface area contributed by atoms with Gasteiger partial charge in [-0.25, -0.2) is 4.79 Å². The van der Waals surface area contributed by atoms with Crippen molar-refractivity contribution in [2.45, 2.75) is 19.5 Å². The Labute approximate surface area is 124 Å². The van der Waals surface area contributed by atoms with Gasteiger partial charge in [0.15, 0.2) is 0 Å². The summed E-state index contributed by atoms with van der Waals surface area (Å²) in [6, 6.07) is 15.0. The Kier molecular flexibility index (Phi) is 4.95. The largest absolute Gasteiger partial charge is 0.497 e. The first-order chi connectivity index (χ1) is 10.1. The van der Waals surface area contributed by atoms with Gasteiger partial charge in [-0.1, -0.05) is 30.3 Å². The summed E-state index contributed by atoms with van der Waals surface area (Å²) in [6.45, 7) is 2.56. The fraction of sp³-hybridized carbons (Fsp3) is 0.235. The molecule has 0 heterocycles. The van der Waals surface area contributed by atoms with Crippen LogP contribution in [0.3, 0.4) is 0 Å². The summed E-state index contributed by atoms with van der Waals surface area (Å²) >= 11 is 0. The van der Waals surface area contributed by atoms with Crippen LogP contribution < -0.4 is 10.1 Å². The van der Waals surface area contributed by atoms with Gasteiger partial charge in [0.2, 0.25) is 0 Å². The Morgan fingerprint density at radius 2 is 1.86 bits per heavy atom. The van der Waals surface area contributed by atoms with Crippen LogP contribution in [0.4, 0.5) is 0 Å². The summed E-state index contributed by atoms with van der Waals surface area (Å²) in [5.74, 6) is -0.0772. The Morgan fingerprint density at radius 3 is 2.48 bits per heavy atom. The maximum atomic E-state index is 11.2. The standard InChI is InChI=1S/C17H19NO3/c1-12(13-7-9-15(21-2)10-8-13)18-11-14-5-3-4-6-16(14)17(19)20/h3-10,12,18H,11H2,1-2H3,(H,19,20)/t12-/m0/s1. The second kappa shape index (κ2) is 6.90. The van der Waals surface area contributed by atoms with E-state index in [4.69, 9.17) is 9.84 Å². The molecule has 0 aliphatic heterocycles. The minimum absolute atomic E-state index is 0.123. The van der Waals surface area contributed by atoms with Gasteiger partial charge >= 0.3 is 5.97 Å². The molecule has 2 aromatic rings. The molecule has 110 valence electrons. The molecule has 0 fully saturated rings. The fourth-order valence-electron chi connectivity index (χ4n) is 2.16. The lowest BCUT2D eigenvalue weighted by Gasteiger charge is -2.15. The lowest BCUT2D eigenvalue weighted by atomic mass is 10.1. The summed E-state index contributed by atoms with van der Waals surface area (Å²) in [4.78, 5) is 11.2. The minimum atomic E-state index is -0.899. The van der Waals surface area contributed by atoms with Gasteiger partial charge in [-0.15, -0.1) is 0 Å². The highest BCUT2D eigenvalue weighted by molar-refractivity contribution is 5.89. The van der Waals surface area contributed by atoms with Crippen molar-refractivity contribution in [3.8, 4) is 5.75 Å². The average Bonchev–Trinajstić information content (AvgIpc) is 2.52. The van der Waals surface area contributed by atoms with Crippen LogP contribution in [0.5, 0.6) is 5.75 Å². The molecule has 4 heteroatoms. The van der Waals surface area contributed by atoms with E-state index in [-0.39, 0.29) is 6.04 Å². The molecular formula is C17H19NO3. The number of rotatable bonds is 6. The van der Waals surface area contributed by atoms with Crippen molar-refractivity contribution in [1.82, 2.24) is 5.32 Å². The first-order valence-corrected chi connectivity index (χ1v) is 6.80. The summed E-state index contributed by atoms with van der Waals surface area (Å²) in [6.07, 6.45) is 0. The molecule has 2 aromatic carbocycles. The number of ether oxygens (including phenoxy) is 1. The molecule has 0 unspecified atom stereocenters. The third kappa shape index (κ3) is 3.83. The molecule has 0 spiro atoms. The van der Waals surface area contributed by atoms with Crippen molar-refractivity contribution in [2.24, 2.45) is 0 Å². The molecule has 1 atom stereocenters. The lowest BCUT2D eigenvalue weighted by Crippen LogP contribution is -2.19. The van der Waals surface area contributed by atoms with Crippen molar-refractivity contribution < 1.29 is 14.6 Å². The average molecular weight is 285 g/mol. The normalized spacial score (nSPS) is 11.9. The predicted molar refractivity (Wildman–Crippen MR) is 81.7 cm³/mol. The van der Waals surface area contributed by atoms with Crippen molar-refractivity contribution in [2.75, 3.05) is 7.11 Å². The minimum Gasteiger partial charge on any atom is -0.497 e. The second-order valence-corrected chi connectivity index (χ2v) is 4.84. The van der Waals surface area contributed by atoms with E-state index in [0.29, 0.717) is 12.1 Å². The molecule has 0 saturated carbocycles. The number of carboxylic acid groups (broad SMARTS) is 1. The van der Waals surface area contributed by atoms with E-state index in [1.54, 1.807) is 19.2 Å². The number of aromatic carboxylic acids is 1. The Bertz CT molecular complexity index is 608. The summed E-state index contributed by atoms with van der Waals surface area (Å²) in [5, 5.41) is 12.5. The Balaban J connectivity index is 2.03. The van der Waals surface area contributed by atoms with Crippen LogP contribution in [0.1, 0.15) is 34.5 Å². The molecule has 0 aliphatic rings. The van der Waals surface area contributed by atoms with Gasteiger partial charge in [-0.2, -0.15) is 0 Å². The maximum absolute atomic E-state index is 11.2. The lowest BCUT2D eigenvalue weighted by molar-refractivity contribution is 0.0695. The molecule has 0 aliphatic carbocycles. The number of benzene rings is 2. The van der Waals surface area contributed by atoms with E-state index in [1.807, 2.05) is 43.3 Å². The van der Waals surface area contributed by atoms with Gasteiger partial charge in [0.05, 0.1) is 12.7 Å². The van der Waals surface area contributed by atoms with E-state index in [0.717, 1.165) is 16.9 Å². The van der Waals surface area contributed by atoms with E-state index in [9.17, 15) is 4.79 Å². The van der Waals surface area contributed by atoms with Crippen molar-refractivity contribution in [3.63, 3.8) is 0 Å². The predicted octanol–water partition coefficient (Wildman–Crippen LogP) is 3.24. The molecule has 0 amide bonds. The molecule has 2 N–H and O–H groups in total. The number of carbonyl (C=O) groups is 1. The number of carboxylic acids is 1. The molecule has 21 heavy (non-hydrogen) atoms. The highest BCUT2D eigenvalue weighted by atomic mass is 16.5. The van der Waals surface area contributed by atoms with Crippen LogP contribution in [0.2, 0.25) is 0 Å². The highest BCUT2D eigenvalue weighted by Crippen LogP contribution is 2.18. The Morgan fingerprint density at radius 1 is 1.19 bits per heavy atom. The zero-order valence-corrected chi connectivity index (χ0v) is 12.2. The zero-order valence-electron chi connectivity index (χ0n) is 12.2. The fourth-order valence-corrected chi connectivity index (χ4v) is 2.16. The van der Waals surface area contributed by atoms with E-state index in [1.165, 1.54) is 0 Å². The van der Waals surface area contributed by atoms with Gasteiger partial charge in [-0.05, 0) is 36.2 Å². The third-order valence-electron chi connectivity index (χ3n) is 3.46. The van der Waals surface area contributed by atoms with Gasteiger partial charge in [0, 0.05) is 12.6 Å². The maximum Gasteiger partial charge on any atom is 0.336 e. The van der Waals surface area contributed by atoms with Crippen LogP contribution >= 0.6 is 0 Å². The SMILES string of the molecule is COc1ccc([C@H](C)NCc2ccccc2C(=O)O)cc1. The van der Waals surface area contributed by atoms with Crippen molar-refractivity contribution >= 4 is 5.97 Å². The monoisotopic (exact) mass is 285 g/mol. The summed E-state index contributed by atoms with van der Waals surface area (Å²) < 4.78 is 5.13.